The van der Waals surface area contributed by atoms with Gasteiger partial charge < -0.3 is 9.64 Å². The lowest BCUT2D eigenvalue weighted by atomic mass is 10.2. The van der Waals surface area contributed by atoms with Crippen LogP contribution in [-0.2, 0) is 11.3 Å². The molecule has 0 radical (unpaired) electrons. The minimum absolute atomic E-state index is 0.108. The molecule has 6 nitrogen and oxygen atoms in total. The van der Waals surface area contributed by atoms with Gasteiger partial charge in [0.2, 0.25) is 0 Å². The van der Waals surface area contributed by atoms with Crippen molar-refractivity contribution in [3.63, 3.8) is 0 Å². The number of benzene rings is 2. The summed E-state index contributed by atoms with van der Waals surface area (Å²) in [6, 6.07) is 11.6. The smallest absolute Gasteiger partial charge is 0.273 e. The maximum atomic E-state index is 13.1. The molecule has 0 atom stereocenters. The van der Waals surface area contributed by atoms with Crippen LogP contribution in [0.3, 0.4) is 0 Å². The van der Waals surface area contributed by atoms with Gasteiger partial charge in [0.05, 0.1) is 11.0 Å². The van der Waals surface area contributed by atoms with E-state index in [1.165, 1.54) is 41.3 Å². The molecule has 2 aromatic rings. The number of non-ortho nitro benzene ring substituents is 1. The van der Waals surface area contributed by atoms with E-state index >= 15 is 0 Å². The Kier molecular flexibility index (Phi) is 5.24. The Labute approximate surface area is 132 Å². The first kappa shape index (κ1) is 16.4. The molecule has 23 heavy (non-hydrogen) atoms. The Morgan fingerprint density at radius 2 is 2.00 bits per heavy atom. The van der Waals surface area contributed by atoms with Crippen molar-refractivity contribution in [1.82, 2.24) is 4.90 Å². The molecule has 1 amide bonds. The van der Waals surface area contributed by atoms with E-state index < -0.39 is 4.92 Å². The quantitative estimate of drug-likeness (QED) is 0.606. The number of hydrogen-bond acceptors (Lipinski definition) is 4. The second kappa shape index (κ2) is 7.35. The van der Waals surface area contributed by atoms with Crippen LogP contribution < -0.4 is 4.74 Å². The fourth-order valence-electron chi connectivity index (χ4n) is 1.94. The van der Waals surface area contributed by atoms with E-state index in [1.807, 2.05) is 0 Å². The molecule has 0 unspecified atom stereocenters. The van der Waals surface area contributed by atoms with Gasteiger partial charge in [-0.15, -0.1) is 0 Å². The summed E-state index contributed by atoms with van der Waals surface area (Å²) in [6.07, 6.45) is 0. The van der Waals surface area contributed by atoms with E-state index in [1.54, 1.807) is 19.2 Å². The van der Waals surface area contributed by atoms with Gasteiger partial charge in [0.15, 0.2) is 6.61 Å². The number of nitro groups is 1. The van der Waals surface area contributed by atoms with Crippen LogP contribution in [0.15, 0.2) is 48.5 Å². The van der Waals surface area contributed by atoms with E-state index in [2.05, 4.69) is 0 Å². The van der Waals surface area contributed by atoms with Crippen LogP contribution in [0.1, 0.15) is 5.56 Å². The monoisotopic (exact) mass is 318 g/mol. The van der Waals surface area contributed by atoms with Crippen molar-refractivity contribution in [2.75, 3.05) is 13.7 Å². The number of nitrogens with zero attached hydrogens (tertiary/aromatic N) is 2. The van der Waals surface area contributed by atoms with Gasteiger partial charge in [0, 0.05) is 19.7 Å². The summed E-state index contributed by atoms with van der Waals surface area (Å²) in [5.74, 6) is -0.441. The molecule has 7 heteroatoms. The van der Waals surface area contributed by atoms with Crippen LogP contribution in [0.25, 0.3) is 0 Å². The highest BCUT2D eigenvalue weighted by molar-refractivity contribution is 5.77. The van der Waals surface area contributed by atoms with Crippen molar-refractivity contribution in [2.24, 2.45) is 0 Å². The summed E-state index contributed by atoms with van der Waals surface area (Å²) in [4.78, 5) is 23.5. The largest absolute Gasteiger partial charge is 0.484 e. The SMILES string of the molecule is CN(Cc1cccc(F)c1)C(=O)COc1cccc([N+](=O)[O-])c1. The number of likely N-dealkylation sites (N-methyl/N-ethyl adjacent to an activating group) is 1. The van der Waals surface area contributed by atoms with E-state index in [-0.39, 0.29) is 36.3 Å². The van der Waals surface area contributed by atoms with Gasteiger partial charge in [-0.25, -0.2) is 4.39 Å². The topological polar surface area (TPSA) is 72.7 Å². The fourth-order valence-corrected chi connectivity index (χ4v) is 1.94. The van der Waals surface area contributed by atoms with Gasteiger partial charge in [0.1, 0.15) is 11.6 Å². The molecule has 0 spiro atoms. The fraction of sp³-hybridized carbons (Fsp3) is 0.188. The molecule has 0 saturated carbocycles. The molecular weight excluding hydrogens is 303 g/mol. The molecule has 0 saturated heterocycles. The van der Waals surface area contributed by atoms with Crippen LogP contribution >= 0.6 is 0 Å². The number of carbonyl (C=O) groups excluding carboxylic acids is 1. The molecule has 2 aromatic carbocycles. The molecule has 120 valence electrons. The van der Waals surface area contributed by atoms with E-state index in [0.29, 0.717) is 5.56 Å². The summed E-state index contributed by atoms with van der Waals surface area (Å²) in [5, 5.41) is 10.7. The lowest BCUT2D eigenvalue weighted by Gasteiger charge is -2.17. The highest BCUT2D eigenvalue weighted by Crippen LogP contribution is 2.19. The van der Waals surface area contributed by atoms with Gasteiger partial charge in [0.25, 0.3) is 11.6 Å². The summed E-state index contributed by atoms with van der Waals surface area (Å²) in [7, 11) is 1.57. The highest BCUT2D eigenvalue weighted by Gasteiger charge is 2.12. The Balaban J connectivity index is 1.91. The number of carbonyl (C=O) groups is 1. The maximum absolute atomic E-state index is 13.1. The number of nitro benzene ring substituents is 1. The molecule has 0 aromatic heterocycles. The van der Waals surface area contributed by atoms with Gasteiger partial charge in [-0.3, -0.25) is 14.9 Å². The Bertz CT molecular complexity index is 721. The molecule has 0 bridgehead atoms. The van der Waals surface area contributed by atoms with Crippen LogP contribution in [0.2, 0.25) is 0 Å². The second-order valence-corrected chi connectivity index (χ2v) is 4.92. The highest BCUT2D eigenvalue weighted by atomic mass is 19.1. The number of amides is 1. The van der Waals surface area contributed by atoms with E-state index in [4.69, 9.17) is 4.74 Å². The van der Waals surface area contributed by atoms with Crippen molar-refractivity contribution in [2.45, 2.75) is 6.54 Å². The van der Waals surface area contributed by atoms with E-state index in [9.17, 15) is 19.3 Å². The molecule has 0 aliphatic heterocycles. The predicted molar refractivity (Wildman–Crippen MR) is 81.5 cm³/mol. The summed E-state index contributed by atoms with van der Waals surface area (Å²) in [5.41, 5.74) is 0.555. The van der Waals surface area contributed by atoms with Crippen LogP contribution in [-0.4, -0.2) is 29.4 Å². The van der Waals surface area contributed by atoms with Crippen molar-refractivity contribution < 1.29 is 18.8 Å². The lowest BCUT2D eigenvalue weighted by molar-refractivity contribution is -0.384. The van der Waals surface area contributed by atoms with Gasteiger partial charge in [-0.2, -0.15) is 0 Å². The zero-order valence-electron chi connectivity index (χ0n) is 12.4. The van der Waals surface area contributed by atoms with Crippen LogP contribution in [0.5, 0.6) is 5.75 Å². The molecule has 0 aliphatic rings. The van der Waals surface area contributed by atoms with Crippen LogP contribution in [0, 0.1) is 15.9 Å². The number of hydrogen-bond donors (Lipinski definition) is 0. The summed E-state index contributed by atoms with van der Waals surface area (Å²) < 4.78 is 18.4. The average molecular weight is 318 g/mol. The third-order valence-corrected chi connectivity index (χ3v) is 3.13. The first-order chi connectivity index (χ1) is 11.0. The average Bonchev–Trinajstić information content (AvgIpc) is 2.52. The molecule has 0 fully saturated rings. The third kappa shape index (κ3) is 4.77. The third-order valence-electron chi connectivity index (χ3n) is 3.13. The van der Waals surface area contributed by atoms with Crippen molar-refractivity contribution in [3.05, 3.63) is 70.0 Å². The zero-order chi connectivity index (χ0) is 16.8. The van der Waals surface area contributed by atoms with E-state index in [0.717, 1.165) is 0 Å². The lowest BCUT2D eigenvalue weighted by Crippen LogP contribution is -2.31. The Morgan fingerprint density at radius 3 is 2.70 bits per heavy atom. The second-order valence-electron chi connectivity index (χ2n) is 4.92. The minimum atomic E-state index is -0.537. The van der Waals surface area contributed by atoms with Crippen molar-refractivity contribution >= 4 is 11.6 Å². The minimum Gasteiger partial charge on any atom is -0.484 e. The normalized spacial score (nSPS) is 10.2. The summed E-state index contributed by atoms with van der Waals surface area (Å²) >= 11 is 0. The Morgan fingerprint density at radius 1 is 1.26 bits per heavy atom. The zero-order valence-corrected chi connectivity index (χ0v) is 12.4. The Hall–Kier alpha value is -2.96. The molecule has 0 heterocycles. The summed E-state index contributed by atoms with van der Waals surface area (Å²) in [6.45, 7) is -0.0120. The van der Waals surface area contributed by atoms with Gasteiger partial charge in [-0.05, 0) is 23.8 Å². The number of ether oxygens (including phenoxy) is 1. The predicted octanol–water partition coefficient (Wildman–Crippen LogP) is 2.77. The van der Waals surface area contributed by atoms with Crippen LogP contribution in [0.4, 0.5) is 10.1 Å². The first-order valence-electron chi connectivity index (χ1n) is 6.81. The van der Waals surface area contributed by atoms with Gasteiger partial charge >= 0.3 is 0 Å². The molecular formula is C16H15FN2O4. The van der Waals surface area contributed by atoms with Gasteiger partial charge in [-0.1, -0.05) is 18.2 Å². The van der Waals surface area contributed by atoms with Crippen molar-refractivity contribution in [1.29, 1.82) is 0 Å². The molecule has 0 N–H and O–H groups in total. The standard InChI is InChI=1S/C16H15FN2O4/c1-18(10-12-4-2-5-13(17)8-12)16(20)11-23-15-7-3-6-14(9-15)19(21)22/h2-9H,10-11H2,1H3. The molecule has 0 aliphatic carbocycles. The number of rotatable bonds is 6. The van der Waals surface area contributed by atoms with Crippen molar-refractivity contribution in [3.8, 4) is 5.75 Å². The molecule has 2 rings (SSSR count). The number of halogens is 1. The maximum Gasteiger partial charge on any atom is 0.273 e. The first-order valence-corrected chi connectivity index (χ1v) is 6.81.